The van der Waals surface area contributed by atoms with Gasteiger partial charge >= 0.3 is 0 Å². The third-order valence-electron chi connectivity index (χ3n) is 3.14. The highest BCUT2D eigenvalue weighted by atomic mass is 35.5. The second-order valence-corrected chi connectivity index (χ2v) is 4.70. The number of nitrogens with one attached hydrogen (secondary N) is 1. The summed E-state index contributed by atoms with van der Waals surface area (Å²) in [5.74, 6) is -0.505. The van der Waals surface area contributed by atoms with Crippen LogP contribution in [0.25, 0.3) is 0 Å². The smallest absolute Gasteiger partial charge is 0.246 e. The lowest BCUT2D eigenvalue weighted by Crippen LogP contribution is -2.40. The second-order valence-electron chi connectivity index (χ2n) is 4.70. The van der Waals surface area contributed by atoms with Crippen molar-refractivity contribution < 1.29 is 9.59 Å². The molecule has 1 rings (SSSR count). The molecule has 0 aliphatic rings. The van der Waals surface area contributed by atoms with Crippen molar-refractivity contribution in [2.45, 2.75) is 26.2 Å². The van der Waals surface area contributed by atoms with E-state index in [0.29, 0.717) is 0 Å². The molecule has 0 saturated carbocycles. The zero-order valence-electron chi connectivity index (χ0n) is 12.6. The summed E-state index contributed by atoms with van der Waals surface area (Å²) in [6, 6.07) is 7.92. The zero-order valence-corrected chi connectivity index (χ0v) is 13.4. The Morgan fingerprint density at radius 2 is 1.86 bits per heavy atom. The summed E-state index contributed by atoms with van der Waals surface area (Å²) < 4.78 is 0. The Morgan fingerprint density at radius 1 is 1.24 bits per heavy atom. The van der Waals surface area contributed by atoms with E-state index in [0.717, 1.165) is 12.1 Å². The molecule has 5 nitrogen and oxygen atoms in total. The Labute approximate surface area is 132 Å². The number of nitrogens with two attached hydrogens (primary N) is 1. The van der Waals surface area contributed by atoms with E-state index in [1.165, 1.54) is 23.3 Å². The summed E-state index contributed by atoms with van der Waals surface area (Å²) >= 11 is 0. The highest BCUT2D eigenvalue weighted by Crippen LogP contribution is 2.15. The van der Waals surface area contributed by atoms with Crippen LogP contribution in [0.3, 0.4) is 0 Å². The van der Waals surface area contributed by atoms with Crippen molar-refractivity contribution in [1.82, 2.24) is 5.32 Å². The largest absolute Gasteiger partial charge is 0.346 e. The number of benzene rings is 1. The van der Waals surface area contributed by atoms with Crippen LogP contribution in [0.4, 0.5) is 5.69 Å². The van der Waals surface area contributed by atoms with Crippen LogP contribution >= 0.6 is 12.4 Å². The summed E-state index contributed by atoms with van der Waals surface area (Å²) in [6.07, 6.45) is 3.39. The Morgan fingerprint density at radius 3 is 2.38 bits per heavy atom. The molecule has 0 bridgehead atoms. The van der Waals surface area contributed by atoms with Gasteiger partial charge in [0.2, 0.25) is 11.8 Å². The van der Waals surface area contributed by atoms with Crippen molar-refractivity contribution in [3.05, 3.63) is 29.8 Å². The van der Waals surface area contributed by atoms with Crippen molar-refractivity contribution >= 4 is 29.9 Å². The highest BCUT2D eigenvalue weighted by molar-refractivity contribution is 5.96. The molecule has 0 heterocycles. The van der Waals surface area contributed by atoms with Crippen molar-refractivity contribution in [2.75, 3.05) is 25.0 Å². The van der Waals surface area contributed by atoms with Crippen LogP contribution in [0, 0.1) is 0 Å². The van der Waals surface area contributed by atoms with Crippen LogP contribution in [0.5, 0.6) is 0 Å². The number of nitrogens with zero attached hydrogens (tertiary/aromatic N) is 1. The first-order valence-electron chi connectivity index (χ1n) is 6.90. The van der Waals surface area contributed by atoms with Gasteiger partial charge in [0.15, 0.2) is 0 Å². The molecular formula is C15H24ClN3O2. The molecule has 3 N–H and O–H groups in total. The van der Waals surface area contributed by atoms with E-state index >= 15 is 0 Å². The normalized spacial score (nSPS) is 9.67. The highest BCUT2D eigenvalue weighted by Gasteiger charge is 2.11. The quantitative estimate of drug-likeness (QED) is 0.801. The predicted molar refractivity (Wildman–Crippen MR) is 87.8 cm³/mol. The molecule has 0 aliphatic carbocycles. The number of anilines is 1. The molecule has 0 saturated heterocycles. The van der Waals surface area contributed by atoms with Crippen LogP contribution in [0.15, 0.2) is 24.3 Å². The molecule has 0 atom stereocenters. The number of amides is 2. The van der Waals surface area contributed by atoms with E-state index in [1.54, 1.807) is 7.05 Å². The minimum Gasteiger partial charge on any atom is -0.346 e. The molecule has 0 aliphatic heterocycles. The van der Waals surface area contributed by atoms with Gasteiger partial charge in [-0.3, -0.25) is 9.59 Å². The molecule has 0 fully saturated rings. The summed E-state index contributed by atoms with van der Waals surface area (Å²) in [7, 11) is 1.69. The maximum Gasteiger partial charge on any atom is 0.246 e. The molecule has 21 heavy (non-hydrogen) atoms. The van der Waals surface area contributed by atoms with Crippen molar-refractivity contribution in [3.63, 3.8) is 0 Å². The lowest BCUT2D eigenvalue weighted by Gasteiger charge is -2.18. The Balaban J connectivity index is 0.00000400. The van der Waals surface area contributed by atoms with Gasteiger partial charge in [-0.1, -0.05) is 25.5 Å². The van der Waals surface area contributed by atoms with Crippen LogP contribution in [-0.2, 0) is 16.0 Å². The summed E-state index contributed by atoms with van der Waals surface area (Å²) in [5.41, 5.74) is 7.25. The molecule has 0 spiro atoms. The summed E-state index contributed by atoms with van der Waals surface area (Å²) in [6.45, 7) is 2.02. The fraction of sp³-hybridized carbons (Fsp3) is 0.467. The summed E-state index contributed by atoms with van der Waals surface area (Å²) in [4.78, 5) is 24.4. The lowest BCUT2D eigenvalue weighted by atomic mass is 10.1. The van der Waals surface area contributed by atoms with Gasteiger partial charge in [0.25, 0.3) is 0 Å². The average Bonchev–Trinajstić information content (AvgIpc) is 2.49. The van der Waals surface area contributed by atoms with Gasteiger partial charge in [-0.15, -0.1) is 12.4 Å². The first kappa shape index (κ1) is 19.4. The number of aryl methyl sites for hydroxylation is 1. The summed E-state index contributed by atoms with van der Waals surface area (Å²) in [5, 5.41) is 2.47. The monoisotopic (exact) mass is 313 g/mol. The molecule has 0 radical (unpaired) electrons. The van der Waals surface area contributed by atoms with Gasteiger partial charge in [-0.05, 0) is 30.5 Å². The van der Waals surface area contributed by atoms with E-state index in [4.69, 9.17) is 5.73 Å². The van der Waals surface area contributed by atoms with Crippen molar-refractivity contribution in [2.24, 2.45) is 5.73 Å². The van der Waals surface area contributed by atoms with E-state index in [-0.39, 0.29) is 37.3 Å². The average molecular weight is 314 g/mol. The predicted octanol–water partition coefficient (Wildman–Crippen LogP) is 1.49. The molecule has 0 unspecified atom stereocenters. The van der Waals surface area contributed by atoms with Crippen LogP contribution < -0.4 is 16.0 Å². The topological polar surface area (TPSA) is 75.4 Å². The van der Waals surface area contributed by atoms with Gasteiger partial charge < -0.3 is 16.0 Å². The van der Waals surface area contributed by atoms with E-state index < -0.39 is 0 Å². The number of hydrogen-bond donors (Lipinski definition) is 2. The van der Waals surface area contributed by atoms with Gasteiger partial charge in [0, 0.05) is 12.7 Å². The lowest BCUT2D eigenvalue weighted by molar-refractivity contribution is -0.124. The van der Waals surface area contributed by atoms with Gasteiger partial charge in [-0.25, -0.2) is 0 Å². The maximum absolute atomic E-state index is 11.9. The van der Waals surface area contributed by atoms with E-state index in [2.05, 4.69) is 12.2 Å². The number of halogens is 1. The first-order chi connectivity index (χ1) is 9.58. The zero-order chi connectivity index (χ0) is 15.0. The number of carbonyl (C=O) groups excluding carboxylic acids is 2. The van der Waals surface area contributed by atoms with Gasteiger partial charge in [-0.2, -0.15) is 0 Å². The minimum atomic E-state index is -0.332. The third kappa shape index (κ3) is 6.60. The second kappa shape index (κ2) is 10.2. The Kier molecular flexibility index (Phi) is 9.41. The maximum atomic E-state index is 11.9. The van der Waals surface area contributed by atoms with Gasteiger partial charge in [0.1, 0.15) is 0 Å². The van der Waals surface area contributed by atoms with Crippen molar-refractivity contribution in [3.8, 4) is 0 Å². The SMILES string of the molecule is CCCCc1ccc(N(C)C(=O)CNC(=O)CN)cc1.Cl. The molecule has 2 amide bonds. The van der Waals surface area contributed by atoms with E-state index in [9.17, 15) is 9.59 Å². The number of hydrogen-bond acceptors (Lipinski definition) is 3. The molecule has 0 aromatic heterocycles. The minimum absolute atomic E-state index is 0. The molecular weight excluding hydrogens is 290 g/mol. The van der Waals surface area contributed by atoms with Crippen LogP contribution in [-0.4, -0.2) is 32.0 Å². The first-order valence-corrected chi connectivity index (χ1v) is 6.90. The molecule has 6 heteroatoms. The standard InChI is InChI=1S/C15H23N3O2.ClH/c1-3-4-5-12-6-8-13(9-7-12)18(2)15(20)11-17-14(19)10-16;/h6-9H,3-5,10-11,16H2,1-2H3,(H,17,19);1H. The third-order valence-corrected chi connectivity index (χ3v) is 3.14. The molecule has 118 valence electrons. The van der Waals surface area contributed by atoms with E-state index in [1.807, 2.05) is 24.3 Å². The Hall–Kier alpha value is -1.59. The van der Waals surface area contributed by atoms with Gasteiger partial charge in [0.05, 0.1) is 13.1 Å². The molecule has 1 aromatic carbocycles. The van der Waals surface area contributed by atoms with Crippen LogP contribution in [0.2, 0.25) is 0 Å². The van der Waals surface area contributed by atoms with Crippen LogP contribution in [0.1, 0.15) is 25.3 Å². The number of rotatable bonds is 7. The fourth-order valence-corrected chi connectivity index (χ4v) is 1.78. The molecule has 1 aromatic rings. The number of unbranched alkanes of at least 4 members (excludes halogenated alkanes) is 1. The number of likely N-dealkylation sites (N-methyl/N-ethyl adjacent to an activating group) is 1. The fourth-order valence-electron chi connectivity index (χ4n) is 1.78. The Bertz CT molecular complexity index is 449. The van der Waals surface area contributed by atoms with Crippen molar-refractivity contribution in [1.29, 1.82) is 0 Å². The number of carbonyl (C=O) groups is 2.